The van der Waals surface area contributed by atoms with Gasteiger partial charge in [-0.25, -0.2) is 12.7 Å². The van der Waals surface area contributed by atoms with Crippen LogP contribution in [0.5, 0.6) is 0 Å². The van der Waals surface area contributed by atoms with Gasteiger partial charge in [0.25, 0.3) is 5.91 Å². The topological polar surface area (TPSA) is 79.4 Å². The lowest BCUT2D eigenvalue weighted by atomic mass is 10.2. The normalized spacial score (nSPS) is 11.4. The Morgan fingerprint density at radius 1 is 1.14 bits per heavy atom. The average Bonchev–Trinajstić information content (AvgIpc) is 2.48. The number of hydrogen-bond donors (Lipinski definition) is 1. The van der Waals surface area contributed by atoms with Gasteiger partial charge in [0.15, 0.2) is 0 Å². The van der Waals surface area contributed by atoms with Crippen LogP contribution in [0.2, 0.25) is 0 Å². The SMILES string of the molecule is CN(C)S(=O)(=O)c1ccc(C(=O)Nc2cccnc2)cc1. The van der Waals surface area contributed by atoms with Crippen molar-refractivity contribution in [2.24, 2.45) is 0 Å². The first-order valence-corrected chi connectivity index (χ1v) is 7.59. The van der Waals surface area contributed by atoms with Crippen molar-refractivity contribution in [2.75, 3.05) is 19.4 Å². The third-order valence-electron chi connectivity index (χ3n) is 2.81. The zero-order valence-electron chi connectivity index (χ0n) is 11.6. The molecule has 1 heterocycles. The van der Waals surface area contributed by atoms with E-state index in [1.165, 1.54) is 44.6 Å². The smallest absolute Gasteiger partial charge is 0.255 e. The number of amides is 1. The molecule has 0 fully saturated rings. The molecular formula is C14H15N3O3S. The van der Waals surface area contributed by atoms with Gasteiger partial charge in [-0.15, -0.1) is 0 Å². The van der Waals surface area contributed by atoms with Crippen LogP contribution in [0.15, 0.2) is 53.7 Å². The quantitative estimate of drug-likeness (QED) is 0.930. The lowest BCUT2D eigenvalue weighted by Crippen LogP contribution is -2.22. The molecule has 1 aromatic heterocycles. The summed E-state index contributed by atoms with van der Waals surface area (Å²) in [6.45, 7) is 0. The summed E-state index contributed by atoms with van der Waals surface area (Å²) in [5.41, 5.74) is 0.948. The van der Waals surface area contributed by atoms with Gasteiger partial charge in [0, 0.05) is 25.9 Å². The maximum atomic E-state index is 12.0. The number of hydrogen-bond acceptors (Lipinski definition) is 4. The number of carbonyl (C=O) groups is 1. The van der Waals surface area contributed by atoms with Gasteiger partial charge in [0.05, 0.1) is 16.8 Å². The van der Waals surface area contributed by atoms with E-state index in [9.17, 15) is 13.2 Å². The number of carbonyl (C=O) groups excluding carboxylic acids is 1. The van der Waals surface area contributed by atoms with Gasteiger partial charge < -0.3 is 5.32 Å². The van der Waals surface area contributed by atoms with E-state index in [0.29, 0.717) is 11.3 Å². The van der Waals surface area contributed by atoms with Gasteiger partial charge in [0.2, 0.25) is 10.0 Å². The standard InChI is InChI=1S/C14H15N3O3S/c1-17(2)21(19,20)13-7-5-11(6-8-13)14(18)16-12-4-3-9-15-10-12/h3-10H,1-2H3,(H,16,18). The van der Waals surface area contributed by atoms with Crippen molar-refractivity contribution in [3.8, 4) is 0 Å². The van der Waals surface area contributed by atoms with Crippen molar-refractivity contribution in [1.82, 2.24) is 9.29 Å². The van der Waals surface area contributed by atoms with Crippen LogP contribution in [-0.2, 0) is 10.0 Å². The van der Waals surface area contributed by atoms with E-state index in [0.717, 1.165) is 4.31 Å². The van der Waals surface area contributed by atoms with Crippen LogP contribution in [0.4, 0.5) is 5.69 Å². The Kier molecular flexibility index (Phi) is 4.35. The molecule has 1 aromatic carbocycles. The Hall–Kier alpha value is -2.25. The lowest BCUT2D eigenvalue weighted by molar-refractivity contribution is 0.102. The summed E-state index contributed by atoms with van der Waals surface area (Å²) >= 11 is 0. The van der Waals surface area contributed by atoms with Gasteiger partial charge in [-0.2, -0.15) is 0 Å². The molecule has 21 heavy (non-hydrogen) atoms. The average molecular weight is 305 g/mol. The number of nitrogens with one attached hydrogen (secondary N) is 1. The van der Waals surface area contributed by atoms with Crippen molar-refractivity contribution in [1.29, 1.82) is 0 Å². The van der Waals surface area contributed by atoms with Gasteiger partial charge in [-0.3, -0.25) is 9.78 Å². The van der Waals surface area contributed by atoms with Crippen molar-refractivity contribution < 1.29 is 13.2 Å². The Morgan fingerprint density at radius 3 is 2.33 bits per heavy atom. The van der Waals surface area contributed by atoms with Gasteiger partial charge in [-0.05, 0) is 36.4 Å². The maximum Gasteiger partial charge on any atom is 0.255 e. The highest BCUT2D eigenvalue weighted by Crippen LogP contribution is 2.15. The number of benzene rings is 1. The molecule has 0 atom stereocenters. The van der Waals surface area contributed by atoms with Crippen LogP contribution < -0.4 is 5.32 Å². The molecule has 0 aliphatic carbocycles. The molecule has 0 saturated carbocycles. The molecular weight excluding hydrogens is 290 g/mol. The van der Waals surface area contributed by atoms with E-state index in [1.54, 1.807) is 18.3 Å². The number of rotatable bonds is 4. The third kappa shape index (κ3) is 3.45. The molecule has 2 rings (SSSR count). The fraction of sp³-hybridized carbons (Fsp3) is 0.143. The Balaban J connectivity index is 2.18. The molecule has 1 N–H and O–H groups in total. The molecule has 7 heteroatoms. The van der Waals surface area contributed by atoms with E-state index >= 15 is 0 Å². The minimum atomic E-state index is -3.49. The lowest BCUT2D eigenvalue weighted by Gasteiger charge is -2.11. The van der Waals surface area contributed by atoms with Crippen LogP contribution in [0, 0.1) is 0 Å². The first-order chi connectivity index (χ1) is 9.91. The van der Waals surface area contributed by atoms with Crippen LogP contribution in [0.25, 0.3) is 0 Å². The minimum Gasteiger partial charge on any atom is -0.321 e. The van der Waals surface area contributed by atoms with Crippen molar-refractivity contribution in [2.45, 2.75) is 4.90 Å². The number of nitrogens with zero attached hydrogens (tertiary/aromatic N) is 2. The van der Waals surface area contributed by atoms with E-state index in [4.69, 9.17) is 0 Å². The number of sulfonamides is 1. The summed E-state index contributed by atoms with van der Waals surface area (Å²) in [7, 11) is -0.573. The maximum absolute atomic E-state index is 12.0. The van der Waals surface area contributed by atoms with E-state index in [1.807, 2.05) is 0 Å². The molecule has 0 radical (unpaired) electrons. The molecule has 0 saturated heterocycles. The highest BCUT2D eigenvalue weighted by molar-refractivity contribution is 7.89. The Bertz CT molecular complexity index is 726. The van der Waals surface area contributed by atoms with Crippen molar-refractivity contribution >= 4 is 21.6 Å². The molecule has 1 amide bonds. The summed E-state index contributed by atoms with van der Waals surface area (Å²) in [4.78, 5) is 16.1. The first kappa shape index (κ1) is 15.1. The molecule has 0 aliphatic heterocycles. The Morgan fingerprint density at radius 2 is 1.81 bits per heavy atom. The second-order valence-electron chi connectivity index (χ2n) is 4.51. The van der Waals surface area contributed by atoms with Crippen LogP contribution in [-0.4, -0.2) is 37.7 Å². The molecule has 0 spiro atoms. The van der Waals surface area contributed by atoms with Crippen LogP contribution >= 0.6 is 0 Å². The molecule has 110 valence electrons. The van der Waals surface area contributed by atoms with Crippen molar-refractivity contribution in [3.05, 3.63) is 54.4 Å². The zero-order chi connectivity index (χ0) is 15.5. The monoisotopic (exact) mass is 305 g/mol. The van der Waals surface area contributed by atoms with Crippen LogP contribution in [0.3, 0.4) is 0 Å². The summed E-state index contributed by atoms with van der Waals surface area (Å²) < 4.78 is 25.0. The second-order valence-corrected chi connectivity index (χ2v) is 6.66. The third-order valence-corrected chi connectivity index (χ3v) is 4.64. The highest BCUT2D eigenvalue weighted by Gasteiger charge is 2.17. The van der Waals surface area contributed by atoms with Crippen molar-refractivity contribution in [3.63, 3.8) is 0 Å². The molecule has 0 aliphatic rings. The van der Waals surface area contributed by atoms with Crippen LogP contribution in [0.1, 0.15) is 10.4 Å². The van der Waals surface area contributed by atoms with E-state index < -0.39 is 10.0 Å². The predicted molar refractivity (Wildman–Crippen MR) is 79.5 cm³/mol. The fourth-order valence-corrected chi connectivity index (χ4v) is 2.53. The van der Waals surface area contributed by atoms with Gasteiger partial charge >= 0.3 is 0 Å². The number of aromatic nitrogens is 1. The zero-order valence-corrected chi connectivity index (χ0v) is 12.5. The first-order valence-electron chi connectivity index (χ1n) is 6.15. The predicted octanol–water partition coefficient (Wildman–Crippen LogP) is 1.58. The largest absolute Gasteiger partial charge is 0.321 e. The summed E-state index contributed by atoms with van der Waals surface area (Å²) in [5, 5.41) is 2.68. The summed E-state index contributed by atoms with van der Waals surface area (Å²) in [6.07, 6.45) is 3.14. The highest BCUT2D eigenvalue weighted by atomic mass is 32.2. The second kappa shape index (κ2) is 6.02. The van der Waals surface area contributed by atoms with E-state index in [-0.39, 0.29) is 10.8 Å². The fourth-order valence-electron chi connectivity index (χ4n) is 1.63. The molecule has 0 unspecified atom stereocenters. The Labute approximate surface area is 123 Å². The summed E-state index contributed by atoms with van der Waals surface area (Å²) in [6, 6.07) is 9.20. The number of anilines is 1. The molecule has 2 aromatic rings. The van der Waals surface area contributed by atoms with Gasteiger partial charge in [-0.1, -0.05) is 0 Å². The van der Waals surface area contributed by atoms with Gasteiger partial charge in [0.1, 0.15) is 0 Å². The molecule has 0 bridgehead atoms. The minimum absolute atomic E-state index is 0.144. The van der Waals surface area contributed by atoms with E-state index in [2.05, 4.69) is 10.3 Å². The molecule has 6 nitrogen and oxygen atoms in total. The number of pyridine rings is 1. The summed E-state index contributed by atoms with van der Waals surface area (Å²) in [5.74, 6) is -0.322.